The Kier molecular flexibility index (Phi) is 5.22. The summed E-state index contributed by atoms with van der Waals surface area (Å²) < 4.78 is 5.00. The van der Waals surface area contributed by atoms with Gasteiger partial charge in [0.25, 0.3) is 11.8 Å². The van der Waals surface area contributed by atoms with Gasteiger partial charge in [-0.15, -0.1) is 11.3 Å². The second kappa shape index (κ2) is 7.97. The lowest BCUT2D eigenvalue weighted by atomic mass is 9.94. The van der Waals surface area contributed by atoms with Gasteiger partial charge in [-0.25, -0.2) is 0 Å². The first-order chi connectivity index (χ1) is 14.1. The molecule has 0 saturated carbocycles. The number of esters is 1. The van der Waals surface area contributed by atoms with E-state index in [0.717, 1.165) is 5.39 Å². The van der Waals surface area contributed by atoms with E-state index in [1.807, 2.05) is 12.1 Å². The summed E-state index contributed by atoms with van der Waals surface area (Å²) in [4.78, 5) is 51.0. The number of ether oxygens (including phenoxy) is 1. The molecule has 2 amide bonds. The molecule has 4 rings (SSSR count). The Bertz CT molecular complexity index is 1070. The highest BCUT2D eigenvalue weighted by molar-refractivity contribution is 7.12. The molecule has 0 spiro atoms. The molecule has 0 aliphatic carbocycles. The summed E-state index contributed by atoms with van der Waals surface area (Å²) >= 11 is 1.29. The van der Waals surface area contributed by atoms with Crippen LogP contribution in [-0.2, 0) is 9.53 Å². The van der Waals surface area contributed by atoms with Crippen molar-refractivity contribution in [3.05, 3.63) is 69.9 Å². The van der Waals surface area contributed by atoms with Crippen LogP contribution < -0.4 is 0 Å². The van der Waals surface area contributed by atoms with Crippen LogP contribution in [-0.4, -0.2) is 41.6 Å². The number of hydrogen-bond donors (Lipinski definition) is 0. The van der Waals surface area contributed by atoms with Crippen molar-refractivity contribution in [3.63, 3.8) is 0 Å². The minimum atomic E-state index is -0.533. The number of hydrogen-bond acceptors (Lipinski definition) is 6. The van der Waals surface area contributed by atoms with Gasteiger partial charge in [-0.1, -0.05) is 30.3 Å². The Hall–Kier alpha value is -3.32. The standard InChI is InChI=1S/C22H17NO5S/c24-17(18-9-4-12-29-18)13-28-19(25)10-3-11-23-21(26)15-7-1-5-14-6-2-8-16(20(14)15)22(23)27/h1-2,4-9,12H,3,10-11,13H2. The molecule has 0 N–H and O–H groups in total. The number of Topliss-reactive ketones (excluding diaryl/α,β-unsaturated/α-hetero) is 1. The highest BCUT2D eigenvalue weighted by Crippen LogP contribution is 2.30. The number of rotatable bonds is 7. The van der Waals surface area contributed by atoms with Gasteiger partial charge in [0.1, 0.15) is 0 Å². The van der Waals surface area contributed by atoms with Gasteiger partial charge >= 0.3 is 5.97 Å². The highest BCUT2D eigenvalue weighted by Gasteiger charge is 2.32. The molecule has 7 heteroatoms. The zero-order valence-corrected chi connectivity index (χ0v) is 16.2. The van der Waals surface area contributed by atoms with Gasteiger partial charge in [0, 0.05) is 29.5 Å². The predicted molar refractivity (Wildman–Crippen MR) is 108 cm³/mol. The average molecular weight is 407 g/mol. The summed E-state index contributed by atoms with van der Waals surface area (Å²) in [6.45, 7) is -0.202. The number of benzene rings is 2. The lowest BCUT2D eigenvalue weighted by molar-refractivity contribution is -0.142. The van der Waals surface area contributed by atoms with Crippen LogP contribution in [0.1, 0.15) is 43.2 Å². The maximum absolute atomic E-state index is 12.8. The number of amides is 2. The Morgan fingerprint density at radius 1 is 0.931 bits per heavy atom. The van der Waals surface area contributed by atoms with Crippen molar-refractivity contribution in [3.8, 4) is 0 Å². The van der Waals surface area contributed by atoms with Crippen molar-refractivity contribution in [2.75, 3.05) is 13.2 Å². The fraction of sp³-hybridized carbons (Fsp3) is 0.182. The van der Waals surface area contributed by atoms with E-state index in [-0.39, 0.29) is 43.6 Å². The smallest absolute Gasteiger partial charge is 0.306 e. The number of thiophene rings is 1. The van der Waals surface area contributed by atoms with Gasteiger partial charge in [-0.05, 0) is 35.4 Å². The second-order valence-electron chi connectivity index (χ2n) is 6.64. The number of imide groups is 1. The normalized spacial score (nSPS) is 13.0. The van der Waals surface area contributed by atoms with E-state index in [1.165, 1.54) is 16.2 Å². The molecule has 0 saturated heterocycles. The third-order valence-corrected chi connectivity index (χ3v) is 5.69. The van der Waals surface area contributed by atoms with Crippen LogP contribution in [0.2, 0.25) is 0 Å². The maximum atomic E-state index is 12.8. The minimum absolute atomic E-state index is 0.0145. The Labute approximate surface area is 170 Å². The van der Waals surface area contributed by atoms with Crippen molar-refractivity contribution in [2.24, 2.45) is 0 Å². The van der Waals surface area contributed by atoms with E-state index in [4.69, 9.17) is 4.74 Å². The molecule has 0 unspecified atom stereocenters. The van der Waals surface area contributed by atoms with Crippen LogP contribution in [0, 0.1) is 0 Å². The van der Waals surface area contributed by atoms with E-state index in [9.17, 15) is 19.2 Å². The molecule has 0 radical (unpaired) electrons. The molecule has 0 bridgehead atoms. The molecular formula is C22H17NO5S. The van der Waals surface area contributed by atoms with Gasteiger partial charge in [-0.2, -0.15) is 0 Å². The molecule has 29 heavy (non-hydrogen) atoms. The van der Waals surface area contributed by atoms with Crippen LogP contribution in [0.4, 0.5) is 0 Å². The van der Waals surface area contributed by atoms with E-state index >= 15 is 0 Å². The lowest BCUT2D eigenvalue weighted by Gasteiger charge is -2.27. The van der Waals surface area contributed by atoms with Crippen LogP contribution >= 0.6 is 11.3 Å². The van der Waals surface area contributed by atoms with Crippen LogP contribution in [0.25, 0.3) is 10.8 Å². The Balaban J connectivity index is 1.36. The predicted octanol–water partition coefficient (Wildman–Crippen LogP) is 3.70. The Morgan fingerprint density at radius 2 is 1.62 bits per heavy atom. The SMILES string of the molecule is O=C(CCCN1C(=O)c2cccc3cccc(c23)C1=O)OCC(=O)c1cccs1. The minimum Gasteiger partial charge on any atom is -0.457 e. The van der Waals surface area contributed by atoms with E-state index in [0.29, 0.717) is 21.4 Å². The zero-order chi connectivity index (χ0) is 20.4. The van der Waals surface area contributed by atoms with Crippen molar-refractivity contribution >= 4 is 45.7 Å². The molecule has 6 nitrogen and oxygen atoms in total. The third-order valence-electron chi connectivity index (χ3n) is 4.78. The molecule has 2 aromatic carbocycles. The van der Waals surface area contributed by atoms with E-state index in [1.54, 1.807) is 41.8 Å². The maximum Gasteiger partial charge on any atom is 0.306 e. The van der Waals surface area contributed by atoms with Crippen LogP contribution in [0.5, 0.6) is 0 Å². The second-order valence-corrected chi connectivity index (χ2v) is 7.58. The topological polar surface area (TPSA) is 80.8 Å². The molecule has 1 aliphatic heterocycles. The van der Waals surface area contributed by atoms with E-state index in [2.05, 4.69) is 0 Å². The number of nitrogens with zero attached hydrogens (tertiary/aromatic N) is 1. The fourth-order valence-electron chi connectivity index (χ4n) is 3.39. The van der Waals surface area contributed by atoms with Gasteiger partial charge < -0.3 is 4.74 Å². The van der Waals surface area contributed by atoms with Crippen molar-refractivity contribution < 1.29 is 23.9 Å². The van der Waals surface area contributed by atoms with E-state index < -0.39 is 5.97 Å². The fourth-order valence-corrected chi connectivity index (χ4v) is 4.04. The summed E-state index contributed by atoms with van der Waals surface area (Å²) in [6.07, 6.45) is 0.280. The molecule has 0 fully saturated rings. The highest BCUT2D eigenvalue weighted by atomic mass is 32.1. The van der Waals surface area contributed by atoms with Gasteiger partial charge in [0.05, 0.1) is 4.88 Å². The first kappa shape index (κ1) is 19.0. The molecule has 0 atom stereocenters. The first-order valence-electron chi connectivity index (χ1n) is 9.16. The van der Waals surface area contributed by atoms with Crippen molar-refractivity contribution in [1.82, 2.24) is 4.90 Å². The van der Waals surface area contributed by atoms with Crippen LogP contribution in [0.3, 0.4) is 0 Å². The molecule has 1 aromatic heterocycles. The molecule has 146 valence electrons. The number of ketones is 1. The summed E-state index contributed by atoms with van der Waals surface area (Å²) in [5.74, 6) is -1.50. The molecule has 1 aliphatic rings. The van der Waals surface area contributed by atoms with Crippen molar-refractivity contribution in [1.29, 1.82) is 0 Å². The molecule has 2 heterocycles. The lowest BCUT2D eigenvalue weighted by Crippen LogP contribution is -2.41. The molecule has 3 aromatic rings. The average Bonchev–Trinajstić information content (AvgIpc) is 3.27. The van der Waals surface area contributed by atoms with Crippen LogP contribution in [0.15, 0.2) is 53.9 Å². The summed E-state index contributed by atoms with van der Waals surface area (Å²) in [5, 5.41) is 3.30. The summed E-state index contributed by atoms with van der Waals surface area (Å²) in [6, 6.07) is 14.1. The summed E-state index contributed by atoms with van der Waals surface area (Å²) in [5.41, 5.74) is 0.976. The first-order valence-corrected chi connectivity index (χ1v) is 10.0. The third kappa shape index (κ3) is 3.69. The molecular weight excluding hydrogens is 390 g/mol. The van der Waals surface area contributed by atoms with Gasteiger partial charge in [0.15, 0.2) is 6.61 Å². The van der Waals surface area contributed by atoms with Gasteiger partial charge in [0.2, 0.25) is 5.78 Å². The van der Waals surface area contributed by atoms with Crippen molar-refractivity contribution in [2.45, 2.75) is 12.8 Å². The monoisotopic (exact) mass is 407 g/mol. The zero-order valence-electron chi connectivity index (χ0n) is 15.4. The largest absolute Gasteiger partial charge is 0.457 e. The number of carbonyl (C=O) groups excluding carboxylic acids is 4. The quantitative estimate of drug-likeness (QED) is 0.339. The number of carbonyl (C=O) groups is 4. The summed E-state index contributed by atoms with van der Waals surface area (Å²) in [7, 11) is 0. The Morgan fingerprint density at radius 3 is 2.24 bits per heavy atom. The van der Waals surface area contributed by atoms with Gasteiger partial charge in [-0.3, -0.25) is 24.1 Å².